The SMILES string of the molecule is COC(=O)c1ccc(NC(=O)c2cnn(-c3ccccc3OC)c2)nc1.O=CO. The van der Waals surface area contributed by atoms with Crippen LogP contribution in [0.3, 0.4) is 0 Å². The highest BCUT2D eigenvalue weighted by molar-refractivity contribution is 6.03. The summed E-state index contributed by atoms with van der Waals surface area (Å²) in [6, 6.07) is 10.4. The zero-order chi connectivity index (χ0) is 21.2. The Morgan fingerprint density at radius 2 is 1.83 bits per heavy atom. The van der Waals surface area contributed by atoms with Gasteiger partial charge in [0.1, 0.15) is 17.3 Å². The predicted molar refractivity (Wildman–Crippen MR) is 102 cm³/mol. The lowest BCUT2D eigenvalue weighted by molar-refractivity contribution is -0.122. The molecule has 0 fully saturated rings. The molecule has 0 bridgehead atoms. The summed E-state index contributed by atoms with van der Waals surface area (Å²) in [5.74, 6) is 0.0910. The number of nitrogens with zero attached hydrogens (tertiary/aromatic N) is 3. The number of ether oxygens (including phenoxy) is 2. The molecule has 0 saturated carbocycles. The maximum absolute atomic E-state index is 12.4. The van der Waals surface area contributed by atoms with Crippen molar-refractivity contribution >= 4 is 24.2 Å². The van der Waals surface area contributed by atoms with E-state index in [9.17, 15) is 9.59 Å². The van der Waals surface area contributed by atoms with Gasteiger partial charge in [0.25, 0.3) is 12.4 Å². The number of carboxylic acid groups (broad SMARTS) is 1. The van der Waals surface area contributed by atoms with Crippen LogP contribution in [-0.2, 0) is 9.53 Å². The Labute approximate surface area is 165 Å². The third-order valence-electron chi connectivity index (χ3n) is 3.60. The monoisotopic (exact) mass is 398 g/mol. The molecule has 1 aromatic carbocycles. The molecule has 0 saturated heterocycles. The first-order valence-corrected chi connectivity index (χ1v) is 8.15. The van der Waals surface area contributed by atoms with Crippen LogP contribution in [0.15, 0.2) is 55.0 Å². The van der Waals surface area contributed by atoms with Crippen LogP contribution in [0.2, 0.25) is 0 Å². The van der Waals surface area contributed by atoms with E-state index in [2.05, 4.69) is 20.1 Å². The van der Waals surface area contributed by atoms with Gasteiger partial charge < -0.3 is 19.9 Å². The second-order valence-electron chi connectivity index (χ2n) is 5.33. The van der Waals surface area contributed by atoms with Gasteiger partial charge in [-0.3, -0.25) is 9.59 Å². The fourth-order valence-corrected chi connectivity index (χ4v) is 2.29. The fourth-order valence-electron chi connectivity index (χ4n) is 2.29. The summed E-state index contributed by atoms with van der Waals surface area (Å²) < 4.78 is 11.5. The molecular formula is C19H18N4O6. The molecule has 150 valence electrons. The minimum Gasteiger partial charge on any atom is -0.494 e. The molecule has 3 aromatic rings. The molecule has 0 unspecified atom stereocenters. The molecule has 0 aliphatic carbocycles. The van der Waals surface area contributed by atoms with Crippen LogP contribution < -0.4 is 10.1 Å². The lowest BCUT2D eigenvalue weighted by Crippen LogP contribution is -2.12. The molecule has 10 nitrogen and oxygen atoms in total. The molecule has 0 radical (unpaired) electrons. The highest BCUT2D eigenvalue weighted by Gasteiger charge is 2.13. The van der Waals surface area contributed by atoms with Gasteiger partial charge >= 0.3 is 5.97 Å². The van der Waals surface area contributed by atoms with Crippen LogP contribution >= 0.6 is 0 Å². The van der Waals surface area contributed by atoms with E-state index in [-0.39, 0.29) is 12.4 Å². The van der Waals surface area contributed by atoms with Crippen LogP contribution in [0.25, 0.3) is 5.69 Å². The van der Waals surface area contributed by atoms with Crippen LogP contribution in [-0.4, -0.2) is 52.4 Å². The minimum absolute atomic E-state index is 0.250. The van der Waals surface area contributed by atoms with Crippen molar-refractivity contribution in [3.05, 3.63) is 66.1 Å². The Bertz CT molecular complexity index is 984. The highest BCUT2D eigenvalue weighted by atomic mass is 16.5. The second-order valence-corrected chi connectivity index (χ2v) is 5.33. The maximum Gasteiger partial charge on any atom is 0.339 e. The quantitative estimate of drug-likeness (QED) is 0.493. The van der Waals surface area contributed by atoms with Gasteiger partial charge in [0.05, 0.1) is 31.5 Å². The Balaban J connectivity index is 0.000000941. The van der Waals surface area contributed by atoms with Gasteiger partial charge in [0.2, 0.25) is 0 Å². The molecular weight excluding hydrogens is 380 g/mol. The Kier molecular flexibility index (Phi) is 7.43. The number of methoxy groups -OCH3 is 2. The molecule has 0 spiro atoms. The highest BCUT2D eigenvalue weighted by Crippen LogP contribution is 2.21. The number of benzene rings is 1. The van der Waals surface area contributed by atoms with Crippen LogP contribution in [0.4, 0.5) is 5.82 Å². The Hall–Kier alpha value is -4.21. The topological polar surface area (TPSA) is 133 Å². The van der Waals surface area contributed by atoms with E-state index >= 15 is 0 Å². The molecule has 1 amide bonds. The molecule has 2 heterocycles. The van der Waals surface area contributed by atoms with Gasteiger partial charge in [-0.05, 0) is 24.3 Å². The van der Waals surface area contributed by atoms with Crippen LogP contribution in [0.5, 0.6) is 5.75 Å². The summed E-state index contributed by atoms with van der Waals surface area (Å²) in [6.07, 6.45) is 4.38. The molecule has 10 heteroatoms. The molecule has 29 heavy (non-hydrogen) atoms. The maximum atomic E-state index is 12.4. The molecule has 2 aromatic heterocycles. The molecule has 2 N–H and O–H groups in total. The predicted octanol–water partition coefficient (Wildman–Crippen LogP) is 2.02. The van der Waals surface area contributed by atoms with Gasteiger partial charge in [-0.15, -0.1) is 0 Å². The van der Waals surface area contributed by atoms with Gasteiger partial charge in [0, 0.05) is 12.4 Å². The fraction of sp³-hybridized carbons (Fsp3) is 0.105. The van der Waals surface area contributed by atoms with E-state index in [1.165, 1.54) is 31.6 Å². The van der Waals surface area contributed by atoms with Gasteiger partial charge in [-0.1, -0.05) is 12.1 Å². The van der Waals surface area contributed by atoms with E-state index in [0.717, 1.165) is 5.69 Å². The summed E-state index contributed by atoms with van der Waals surface area (Å²) in [7, 11) is 2.86. The summed E-state index contributed by atoms with van der Waals surface area (Å²) in [5.41, 5.74) is 1.37. The molecule has 0 aliphatic rings. The third kappa shape index (κ3) is 5.39. The standard InChI is InChI=1S/C18H16N4O4.CH2O2/c1-25-15-6-4-3-5-14(15)22-11-13(10-20-22)17(23)21-16-8-7-12(9-19-16)18(24)26-2;2-1-3/h3-11H,1-2H3,(H,19,21,23);1H,(H,2,3). The number of rotatable bonds is 5. The number of carbonyl (C=O) groups excluding carboxylic acids is 2. The number of esters is 1. The first-order valence-electron chi connectivity index (χ1n) is 8.15. The van der Waals surface area contributed by atoms with Gasteiger partial charge in [0.15, 0.2) is 0 Å². The van der Waals surface area contributed by atoms with Crippen molar-refractivity contribution in [1.29, 1.82) is 0 Å². The van der Waals surface area contributed by atoms with E-state index < -0.39 is 5.97 Å². The summed E-state index contributed by atoms with van der Waals surface area (Å²) in [4.78, 5) is 36.1. The number of hydrogen-bond acceptors (Lipinski definition) is 7. The average Bonchev–Trinajstić information content (AvgIpc) is 3.24. The number of anilines is 1. The van der Waals surface area contributed by atoms with Crippen LogP contribution in [0.1, 0.15) is 20.7 Å². The van der Waals surface area contributed by atoms with E-state index in [4.69, 9.17) is 14.6 Å². The van der Waals surface area contributed by atoms with Crippen molar-refractivity contribution in [2.75, 3.05) is 19.5 Å². The smallest absolute Gasteiger partial charge is 0.339 e. The van der Waals surface area contributed by atoms with Gasteiger partial charge in [-0.25, -0.2) is 14.5 Å². The van der Waals surface area contributed by atoms with Crippen molar-refractivity contribution < 1.29 is 29.0 Å². The van der Waals surface area contributed by atoms with Crippen molar-refractivity contribution in [2.24, 2.45) is 0 Å². The van der Waals surface area contributed by atoms with E-state index in [1.54, 1.807) is 18.0 Å². The Morgan fingerprint density at radius 3 is 2.45 bits per heavy atom. The lowest BCUT2D eigenvalue weighted by Gasteiger charge is -2.07. The van der Waals surface area contributed by atoms with Crippen molar-refractivity contribution in [3.63, 3.8) is 0 Å². The lowest BCUT2D eigenvalue weighted by atomic mass is 10.2. The number of nitrogens with one attached hydrogen (secondary N) is 1. The largest absolute Gasteiger partial charge is 0.494 e. The molecule has 0 atom stereocenters. The summed E-state index contributed by atoms with van der Waals surface area (Å²) in [5, 5.41) is 13.7. The number of carbonyl (C=O) groups is 3. The van der Waals surface area contributed by atoms with Gasteiger partial charge in [-0.2, -0.15) is 5.10 Å². The summed E-state index contributed by atoms with van der Waals surface area (Å²) in [6.45, 7) is -0.250. The van der Waals surface area contributed by atoms with Crippen molar-refractivity contribution in [2.45, 2.75) is 0 Å². The number of hydrogen-bond donors (Lipinski definition) is 2. The van der Waals surface area contributed by atoms with Crippen molar-refractivity contribution in [1.82, 2.24) is 14.8 Å². The first-order chi connectivity index (χ1) is 14.0. The number of para-hydroxylation sites is 2. The van der Waals surface area contributed by atoms with E-state index in [0.29, 0.717) is 22.7 Å². The van der Waals surface area contributed by atoms with Crippen LogP contribution in [0, 0.1) is 0 Å². The number of amides is 1. The zero-order valence-corrected chi connectivity index (χ0v) is 15.6. The third-order valence-corrected chi connectivity index (χ3v) is 3.60. The second kappa shape index (κ2) is 10.2. The number of pyridine rings is 1. The molecule has 0 aliphatic heterocycles. The Morgan fingerprint density at radius 1 is 1.10 bits per heavy atom. The average molecular weight is 398 g/mol. The molecule has 3 rings (SSSR count). The minimum atomic E-state index is -0.492. The zero-order valence-electron chi connectivity index (χ0n) is 15.6. The number of aromatic nitrogens is 3. The van der Waals surface area contributed by atoms with E-state index in [1.807, 2.05) is 24.3 Å². The van der Waals surface area contributed by atoms with Crippen molar-refractivity contribution in [3.8, 4) is 11.4 Å². The first kappa shape index (κ1) is 21.1. The summed E-state index contributed by atoms with van der Waals surface area (Å²) >= 11 is 0. The normalized spacial score (nSPS) is 9.59.